The van der Waals surface area contributed by atoms with Gasteiger partial charge in [0.25, 0.3) is 0 Å². The predicted molar refractivity (Wildman–Crippen MR) is 112 cm³/mol. The van der Waals surface area contributed by atoms with Gasteiger partial charge in [-0.25, -0.2) is 0 Å². The highest BCUT2D eigenvalue weighted by Gasteiger charge is 2.34. The summed E-state index contributed by atoms with van der Waals surface area (Å²) in [5.41, 5.74) is 1.15. The van der Waals surface area contributed by atoms with Crippen molar-refractivity contribution < 1.29 is 9.53 Å². The van der Waals surface area contributed by atoms with Crippen molar-refractivity contribution in [2.75, 3.05) is 12.9 Å². The van der Waals surface area contributed by atoms with Gasteiger partial charge in [-0.3, -0.25) is 9.36 Å². The molecule has 1 amide bonds. The van der Waals surface area contributed by atoms with Crippen molar-refractivity contribution in [1.82, 2.24) is 20.1 Å². The van der Waals surface area contributed by atoms with Crippen molar-refractivity contribution in [2.24, 2.45) is 11.3 Å². The van der Waals surface area contributed by atoms with E-state index in [4.69, 9.17) is 4.74 Å². The summed E-state index contributed by atoms with van der Waals surface area (Å²) in [6.45, 7) is 6.82. The zero-order chi connectivity index (χ0) is 20.1. The maximum atomic E-state index is 12.6. The average molecular weight is 403 g/mol. The molecule has 1 N–H and O–H groups in total. The van der Waals surface area contributed by atoms with Crippen LogP contribution in [0.2, 0.25) is 0 Å². The second-order valence-electron chi connectivity index (χ2n) is 8.40. The minimum absolute atomic E-state index is 0.0652. The van der Waals surface area contributed by atoms with Crippen LogP contribution in [0, 0.1) is 11.3 Å². The highest BCUT2D eigenvalue weighted by molar-refractivity contribution is 7.99. The van der Waals surface area contributed by atoms with Crippen molar-refractivity contribution in [2.45, 2.75) is 57.7 Å². The lowest BCUT2D eigenvalue weighted by Crippen LogP contribution is -2.47. The smallest absolute Gasteiger partial charge is 0.230 e. The van der Waals surface area contributed by atoms with Crippen molar-refractivity contribution in [1.29, 1.82) is 0 Å². The summed E-state index contributed by atoms with van der Waals surface area (Å²) in [7, 11) is 1.64. The maximum absolute atomic E-state index is 12.6. The summed E-state index contributed by atoms with van der Waals surface area (Å²) < 4.78 is 7.09. The third-order valence-corrected chi connectivity index (χ3v) is 6.37. The SMILES string of the molecule is COc1ccc(-n2cnnc2SCC(=O)NC2CCCCC2C(C)(C)C)cc1. The Morgan fingerprint density at radius 2 is 1.96 bits per heavy atom. The minimum atomic E-state index is 0.0652. The molecule has 1 aromatic heterocycles. The molecule has 0 spiro atoms. The summed E-state index contributed by atoms with van der Waals surface area (Å²) in [6.07, 6.45) is 6.37. The molecule has 2 atom stereocenters. The van der Waals surface area contributed by atoms with Gasteiger partial charge >= 0.3 is 0 Å². The largest absolute Gasteiger partial charge is 0.497 e. The van der Waals surface area contributed by atoms with Crippen LogP contribution in [0.3, 0.4) is 0 Å². The van der Waals surface area contributed by atoms with Crippen molar-refractivity contribution in [3.05, 3.63) is 30.6 Å². The minimum Gasteiger partial charge on any atom is -0.497 e. The quantitative estimate of drug-likeness (QED) is 0.737. The molecule has 2 unspecified atom stereocenters. The fourth-order valence-electron chi connectivity index (χ4n) is 3.96. The molecule has 1 saturated carbocycles. The van der Waals surface area contributed by atoms with E-state index >= 15 is 0 Å². The molecular weight excluding hydrogens is 372 g/mol. The zero-order valence-corrected chi connectivity index (χ0v) is 18.0. The van der Waals surface area contributed by atoms with E-state index in [1.807, 2.05) is 28.8 Å². The Hall–Kier alpha value is -2.02. The lowest BCUT2D eigenvalue weighted by Gasteiger charge is -2.40. The van der Waals surface area contributed by atoms with E-state index in [1.165, 1.54) is 31.0 Å². The van der Waals surface area contributed by atoms with Crippen LogP contribution in [-0.4, -0.2) is 39.6 Å². The normalized spacial score (nSPS) is 20.0. The van der Waals surface area contributed by atoms with E-state index in [1.54, 1.807) is 13.4 Å². The molecule has 0 saturated heterocycles. The summed E-state index contributed by atoms with van der Waals surface area (Å²) >= 11 is 1.41. The van der Waals surface area contributed by atoms with Gasteiger partial charge in [0.1, 0.15) is 12.1 Å². The summed E-state index contributed by atoms with van der Waals surface area (Å²) in [5.74, 6) is 1.72. The van der Waals surface area contributed by atoms with E-state index in [0.29, 0.717) is 16.8 Å². The standard InChI is InChI=1S/C21H30N4O2S/c1-21(2,3)17-7-5-6-8-18(17)23-19(26)13-28-20-24-22-14-25(20)15-9-11-16(27-4)12-10-15/h9-12,14,17-18H,5-8,13H2,1-4H3,(H,23,26). The lowest BCUT2D eigenvalue weighted by molar-refractivity contribution is -0.120. The van der Waals surface area contributed by atoms with Gasteiger partial charge < -0.3 is 10.1 Å². The Morgan fingerprint density at radius 1 is 1.25 bits per heavy atom. The Kier molecular flexibility index (Phi) is 6.65. The van der Waals surface area contributed by atoms with Crippen molar-refractivity contribution in [3.63, 3.8) is 0 Å². The fourth-order valence-corrected chi connectivity index (χ4v) is 4.70. The van der Waals surface area contributed by atoms with Gasteiger partial charge in [-0.05, 0) is 48.4 Å². The number of carbonyl (C=O) groups excluding carboxylic acids is 1. The number of amides is 1. The first-order valence-corrected chi connectivity index (χ1v) is 10.8. The molecule has 3 rings (SSSR count). The monoisotopic (exact) mass is 402 g/mol. The fraction of sp³-hybridized carbons (Fsp3) is 0.571. The molecule has 152 valence electrons. The molecule has 2 aromatic rings. The number of aromatic nitrogens is 3. The number of carbonyl (C=O) groups is 1. The van der Waals surface area contributed by atoms with Crippen molar-refractivity contribution in [3.8, 4) is 11.4 Å². The summed E-state index contributed by atoms with van der Waals surface area (Å²) in [6, 6.07) is 7.95. The number of hydrogen-bond donors (Lipinski definition) is 1. The highest BCUT2D eigenvalue weighted by Crippen LogP contribution is 2.38. The Labute approximate surface area is 171 Å². The molecule has 28 heavy (non-hydrogen) atoms. The first kappa shape index (κ1) is 20.7. The molecule has 0 radical (unpaired) electrons. The average Bonchev–Trinajstić information content (AvgIpc) is 3.14. The van der Waals surface area contributed by atoms with Gasteiger partial charge in [-0.15, -0.1) is 10.2 Å². The van der Waals surface area contributed by atoms with Crippen LogP contribution in [0.1, 0.15) is 46.5 Å². The zero-order valence-electron chi connectivity index (χ0n) is 17.1. The Balaban J connectivity index is 1.60. The van der Waals surface area contributed by atoms with Crippen LogP contribution in [0.15, 0.2) is 35.7 Å². The van der Waals surface area contributed by atoms with Crippen LogP contribution in [0.4, 0.5) is 0 Å². The molecule has 1 aliphatic carbocycles. The van der Waals surface area contributed by atoms with Crippen LogP contribution < -0.4 is 10.1 Å². The first-order chi connectivity index (χ1) is 13.4. The number of nitrogens with one attached hydrogen (secondary N) is 1. The van der Waals surface area contributed by atoms with E-state index in [0.717, 1.165) is 17.9 Å². The van der Waals surface area contributed by atoms with E-state index in [-0.39, 0.29) is 17.4 Å². The van der Waals surface area contributed by atoms with Crippen LogP contribution >= 0.6 is 11.8 Å². The second kappa shape index (κ2) is 8.99. The number of thioether (sulfide) groups is 1. The number of methoxy groups -OCH3 is 1. The van der Waals surface area contributed by atoms with E-state index in [2.05, 4.69) is 36.3 Å². The van der Waals surface area contributed by atoms with Gasteiger partial charge in [-0.1, -0.05) is 45.4 Å². The first-order valence-electron chi connectivity index (χ1n) is 9.85. The van der Waals surface area contributed by atoms with E-state index < -0.39 is 0 Å². The van der Waals surface area contributed by atoms with Crippen molar-refractivity contribution >= 4 is 17.7 Å². The summed E-state index contributed by atoms with van der Waals surface area (Å²) in [4.78, 5) is 12.6. The second-order valence-corrected chi connectivity index (χ2v) is 9.34. The summed E-state index contributed by atoms with van der Waals surface area (Å²) in [5, 5.41) is 12.2. The third-order valence-electron chi connectivity index (χ3n) is 5.42. The number of benzene rings is 1. The number of ether oxygens (including phenoxy) is 1. The lowest BCUT2D eigenvalue weighted by atomic mass is 9.69. The number of hydrogen-bond acceptors (Lipinski definition) is 5. The maximum Gasteiger partial charge on any atom is 0.230 e. The third kappa shape index (κ3) is 5.07. The molecule has 0 aliphatic heterocycles. The van der Waals surface area contributed by atoms with Gasteiger partial charge in [0.05, 0.1) is 12.9 Å². The number of nitrogens with zero attached hydrogens (tertiary/aromatic N) is 3. The van der Waals surface area contributed by atoms with Gasteiger partial charge in [-0.2, -0.15) is 0 Å². The molecule has 1 aromatic carbocycles. The van der Waals surface area contributed by atoms with Gasteiger partial charge in [0.15, 0.2) is 5.16 Å². The van der Waals surface area contributed by atoms with Gasteiger partial charge in [0, 0.05) is 11.7 Å². The molecule has 0 bridgehead atoms. The molecule has 1 heterocycles. The van der Waals surface area contributed by atoms with Gasteiger partial charge in [0.2, 0.25) is 5.91 Å². The predicted octanol–water partition coefficient (Wildman–Crippen LogP) is 4.09. The Morgan fingerprint density at radius 3 is 2.64 bits per heavy atom. The molecule has 1 aliphatic rings. The van der Waals surface area contributed by atoms with E-state index in [9.17, 15) is 4.79 Å². The Bertz CT molecular complexity index is 782. The topological polar surface area (TPSA) is 69.0 Å². The van der Waals surface area contributed by atoms with Crippen LogP contribution in [0.5, 0.6) is 5.75 Å². The molecule has 7 heteroatoms. The highest BCUT2D eigenvalue weighted by atomic mass is 32.2. The number of rotatable bonds is 6. The van der Waals surface area contributed by atoms with Crippen LogP contribution in [-0.2, 0) is 4.79 Å². The molecular formula is C21H30N4O2S. The molecule has 6 nitrogen and oxygen atoms in total. The van der Waals surface area contributed by atoms with Crippen LogP contribution in [0.25, 0.3) is 5.69 Å². The molecule has 1 fully saturated rings.